The first-order valence-corrected chi connectivity index (χ1v) is 5.90. The zero-order valence-electron chi connectivity index (χ0n) is 11.5. The standard InChI is InChI=1S/C13H16N4O2.ClH/c1-13(2,3)11-8-12(14)16(15-11)9-4-6-10(7-5-9)17(18)19;/h4-8H,14H2,1-3H3;1H. The van der Waals surface area contributed by atoms with E-state index in [0.717, 1.165) is 5.69 Å². The number of nitrogen functional groups attached to an aromatic ring is 1. The molecule has 0 fully saturated rings. The van der Waals surface area contributed by atoms with Gasteiger partial charge < -0.3 is 5.73 Å². The van der Waals surface area contributed by atoms with Crippen LogP contribution in [-0.2, 0) is 5.41 Å². The molecule has 0 amide bonds. The van der Waals surface area contributed by atoms with Crippen molar-refractivity contribution in [1.82, 2.24) is 9.78 Å². The van der Waals surface area contributed by atoms with Crippen molar-refractivity contribution in [3.05, 3.63) is 46.1 Å². The van der Waals surface area contributed by atoms with Gasteiger partial charge in [-0.15, -0.1) is 12.4 Å². The van der Waals surface area contributed by atoms with E-state index >= 15 is 0 Å². The van der Waals surface area contributed by atoms with E-state index in [-0.39, 0.29) is 23.5 Å². The predicted octanol–water partition coefficient (Wildman–Crippen LogP) is 3.08. The van der Waals surface area contributed by atoms with Gasteiger partial charge in [-0.25, -0.2) is 4.68 Å². The fraction of sp³-hybridized carbons (Fsp3) is 0.308. The normalized spacial score (nSPS) is 10.9. The number of aromatic nitrogens is 2. The lowest BCUT2D eigenvalue weighted by molar-refractivity contribution is -0.384. The van der Waals surface area contributed by atoms with Crippen molar-refractivity contribution in [1.29, 1.82) is 0 Å². The molecule has 0 aliphatic heterocycles. The summed E-state index contributed by atoms with van der Waals surface area (Å²) in [4.78, 5) is 10.2. The Morgan fingerprint density at radius 1 is 1.25 bits per heavy atom. The van der Waals surface area contributed by atoms with E-state index in [1.165, 1.54) is 12.1 Å². The average molecular weight is 297 g/mol. The number of hydrogen-bond acceptors (Lipinski definition) is 4. The van der Waals surface area contributed by atoms with Crippen molar-refractivity contribution in [3.63, 3.8) is 0 Å². The summed E-state index contributed by atoms with van der Waals surface area (Å²) in [6, 6.07) is 7.96. The lowest BCUT2D eigenvalue weighted by Crippen LogP contribution is -2.12. The van der Waals surface area contributed by atoms with Crippen LogP contribution in [-0.4, -0.2) is 14.7 Å². The molecular formula is C13H17ClN4O2. The Kier molecular flexibility index (Phi) is 4.39. The Morgan fingerprint density at radius 3 is 2.20 bits per heavy atom. The summed E-state index contributed by atoms with van der Waals surface area (Å²) in [6.07, 6.45) is 0. The van der Waals surface area contributed by atoms with Crippen LogP contribution >= 0.6 is 12.4 Å². The molecule has 108 valence electrons. The van der Waals surface area contributed by atoms with Crippen molar-refractivity contribution in [2.24, 2.45) is 0 Å². The molecule has 1 heterocycles. The summed E-state index contributed by atoms with van der Waals surface area (Å²) in [5.74, 6) is 0.513. The summed E-state index contributed by atoms with van der Waals surface area (Å²) in [6.45, 7) is 6.15. The number of nitro benzene ring substituents is 1. The molecule has 0 atom stereocenters. The summed E-state index contributed by atoms with van der Waals surface area (Å²) < 4.78 is 1.59. The molecule has 0 aliphatic carbocycles. The minimum absolute atomic E-state index is 0. The van der Waals surface area contributed by atoms with E-state index in [2.05, 4.69) is 25.9 Å². The van der Waals surface area contributed by atoms with Gasteiger partial charge in [0, 0.05) is 23.6 Å². The maximum atomic E-state index is 10.6. The Morgan fingerprint density at radius 2 is 1.80 bits per heavy atom. The van der Waals surface area contributed by atoms with Gasteiger partial charge in [0.05, 0.1) is 16.3 Å². The van der Waals surface area contributed by atoms with Crippen molar-refractivity contribution in [2.45, 2.75) is 26.2 Å². The molecular weight excluding hydrogens is 280 g/mol. The summed E-state index contributed by atoms with van der Waals surface area (Å²) >= 11 is 0. The fourth-order valence-corrected chi connectivity index (χ4v) is 1.68. The van der Waals surface area contributed by atoms with Gasteiger partial charge in [-0.2, -0.15) is 5.10 Å². The van der Waals surface area contributed by atoms with Crippen LogP contribution in [0.2, 0.25) is 0 Å². The van der Waals surface area contributed by atoms with Crippen molar-refractivity contribution in [3.8, 4) is 5.69 Å². The minimum atomic E-state index is -0.434. The quantitative estimate of drug-likeness (QED) is 0.681. The third-order valence-electron chi connectivity index (χ3n) is 2.81. The van der Waals surface area contributed by atoms with Crippen LogP contribution in [0.3, 0.4) is 0 Å². The van der Waals surface area contributed by atoms with Gasteiger partial charge in [-0.3, -0.25) is 10.1 Å². The van der Waals surface area contributed by atoms with Gasteiger partial charge in [-0.05, 0) is 12.1 Å². The lowest BCUT2D eigenvalue weighted by atomic mass is 9.92. The SMILES string of the molecule is CC(C)(C)c1cc(N)n(-c2ccc([N+](=O)[O-])cc2)n1.Cl. The molecule has 6 nitrogen and oxygen atoms in total. The number of nitrogens with zero attached hydrogens (tertiary/aromatic N) is 3. The zero-order chi connectivity index (χ0) is 14.2. The molecule has 0 saturated heterocycles. The van der Waals surface area contributed by atoms with Crippen LogP contribution in [0.4, 0.5) is 11.5 Å². The highest BCUT2D eigenvalue weighted by molar-refractivity contribution is 5.85. The molecule has 0 radical (unpaired) electrons. The van der Waals surface area contributed by atoms with E-state index < -0.39 is 4.92 Å². The van der Waals surface area contributed by atoms with Crippen LogP contribution in [0.5, 0.6) is 0 Å². The van der Waals surface area contributed by atoms with Gasteiger partial charge >= 0.3 is 0 Å². The highest BCUT2D eigenvalue weighted by Crippen LogP contribution is 2.25. The van der Waals surface area contributed by atoms with Crippen LogP contribution < -0.4 is 5.73 Å². The maximum absolute atomic E-state index is 10.6. The lowest BCUT2D eigenvalue weighted by Gasteiger charge is -2.14. The molecule has 7 heteroatoms. The first kappa shape index (κ1) is 16.0. The molecule has 0 aliphatic rings. The zero-order valence-corrected chi connectivity index (χ0v) is 12.3. The Hall–Kier alpha value is -2.08. The maximum Gasteiger partial charge on any atom is 0.269 e. The van der Waals surface area contributed by atoms with Gasteiger partial charge in [0.2, 0.25) is 0 Å². The third kappa shape index (κ3) is 3.08. The molecule has 0 unspecified atom stereocenters. The van der Waals surface area contributed by atoms with Crippen LogP contribution in [0.25, 0.3) is 5.69 Å². The van der Waals surface area contributed by atoms with E-state index in [1.54, 1.807) is 16.8 Å². The number of nitro groups is 1. The van der Waals surface area contributed by atoms with E-state index in [0.29, 0.717) is 11.5 Å². The summed E-state index contributed by atoms with van der Waals surface area (Å²) in [5.41, 5.74) is 7.47. The predicted molar refractivity (Wildman–Crippen MR) is 80.6 cm³/mol. The number of hydrogen-bond donors (Lipinski definition) is 1. The molecule has 1 aromatic carbocycles. The first-order valence-electron chi connectivity index (χ1n) is 5.90. The number of nitrogens with two attached hydrogens (primary N) is 1. The van der Waals surface area contributed by atoms with Gasteiger partial charge in [0.25, 0.3) is 5.69 Å². The molecule has 2 aromatic rings. The molecule has 2 N–H and O–H groups in total. The minimum Gasteiger partial charge on any atom is -0.384 e. The highest BCUT2D eigenvalue weighted by Gasteiger charge is 2.19. The van der Waals surface area contributed by atoms with Crippen LogP contribution in [0.1, 0.15) is 26.5 Å². The van der Waals surface area contributed by atoms with E-state index in [1.807, 2.05) is 6.07 Å². The second kappa shape index (κ2) is 5.50. The Bertz CT molecular complexity index is 614. The van der Waals surface area contributed by atoms with Crippen molar-refractivity contribution >= 4 is 23.9 Å². The average Bonchev–Trinajstić information content (AvgIpc) is 2.71. The number of non-ortho nitro benzene ring substituents is 1. The number of benzene rings is 1. The van der Waals surface area contributed by atoms with E-state index in [4.69, 9.17) is 5.73 Å². The number of halogens is 1. The third-order valence-corrected chi connectivity index (χ3v) is 2.81. The van der Waals surface area contributed by atoms with Gasteiger partial charge in [-0.1, -0.05) is 20.8 Å². The molecule has 20 heavy (non-hydrogen) atoms. The Labute approximate surface area is 123 Å². The molecule has 0 bridgehead atoms. The molecule has 1 aromatic heterocycles. The number of anilines is 1. The van der Waals surface area contributed by atoms with Crippen molar-refractivity contribution < 1.29 is 4.92 Å². The van der Waals surface area contributed by atoms with E-state index in [9.17, 15) is 10.1 Å². The summed E-state index contributed by atoms with van der Waals surface area (Å²) in [7, 11) is 0. The molecule has 2 rings (SSSR count). The summed E-state index contributed by atoms with van der Waals surface area (Å²) in [5, 5.41) is 15.1. The molecule has 0 saturated carbocycles. The monoisotopic (exact) mass is 296 g/mol. The number of rotatable bonds is 2. The molecule has 0 spiro atoms. The Balaban J connectivity index is 0.00000200. The van der Waals surface area contributed by atoms with Gasteiger partial charge in [0.15, 0.2) is 0 Å². The highest BCUT2D eigenvalue weighted by atomic mass is 35.5. The fourth-order valence-electron chi connectivity index (χ4n) is 1.68. The second-order valence-electron chi connectivity index (χ2n) is 5.39. The van der Waals surface area contributed by atoms with Crippen molar-refractivity contribution in [2.75, 3.05) is 5.73 Å². The van der Waals surface area contributed by atoms with Crippen LogP contribution in [0.15, 0.2) is 30.3 Å². The topological polar surface area (TPSA) is 87.0 Å². The largest absolute Gasteiger partial charge is 0.384 e. The van der Waals surface area contributed by atoms with Crippen LogP contribution in [0, 0.1) is 10.1 Å². The smallest absolute Gasteiger partial charge is 0.269 e. The first-order chi connectivity index (χ1) is 8.79. The second-order valence-corrected chi connectivity index (χ2v) is 5.39. The van der Waals surface area contributed by atoms with Gasteiger partial charge in [0.1, 0.15) is 5.82 Å².